The number of hydrogen-bond donors (Lipinski definition) is 0. The molecule has 1 rings (SSSR count). The van der Waals surface area contributed by atoms with Crippen LogP contribution in [-0.4, -0.2) is 6.08 Å². The summed E-state index contributed by atoms with van der Waals surface area (Å²) in [6.45, 7) is 0. The van der Waals surface area contributed by atoms with Gasteiger partial charge < -0.3 is 0 Å². The number of rotatable bonds is 1. The molecule has 0 fully saturated rings. The first-order chi connectivity index (χ1) is 4.43. The second-order valence-electron chi connectivity index (χ2n) is 1.54. The molecule has 0 aliphatic carbocycles. The molecule has 1 aromatic rings. The van der Waals surface area contributed by atoms with Crippen molar-refractivity contribution >= 4 is 11.8 Å². The molecule has 0 aromatic heterocycles. The van der Waals surface area contributed by atoms with Crippen LogP contribution in [0.1, 0.15) is 0 Å². The number of carbonyl (C=O) groups excluding carboxylic acids is 1. The van der Waals surface area contributed by atoms with Gasteiger partial charge in [-0.2, -0.15) is 4.99 Å². The van der Waals surface area contributed by atoms with E-state index in [1.807, 2.05) is 18.2 Å². The quantitative estimate of drug-likeness (QED) is 0.410. The molecule has 2 nitrogen and oxygen atoms in total. The maximum absolute atomic E-state index is 9.68. The van der Waals surface area contributed by atoms with Gasteiger partial charge in [0.2, 0.25) is 6.08 Å². The summed E-state index contributed by atoms with van der Waals surface area (Å²) < 4.78 is 0. The van der Waals surface area contributed by atoms with Crippen molar-refractivity contribution in [3.05, 3.63) is 30.3 Å². The maximum atomic E-state index is 9.68. The van der Waals surface area contributed by atoms with Gasteiger partial charge in [0.15, 0.2) is 0 Å². The van der Waals surface area contributed by atoms with Gasteiger partial charge in [0.05, 0.1) is 5.69 Å². The first-order valence-corrected chi connectivity index (χ1v) is 2.56. The fourth-order valence-corrected chi connectivity index (χ4v) is 0.555. The van der Waals surface area contributed by atoms with Crippen molar-refractivity contribution in [3.8, 4) is 0 Å². The zero-order valence-electron chi connectivity index (χ0n) is 4.74. The predicted molar refractivity (Wildman–Crippen MR) is 34.2 cm³/mol. The summed E-state index contributed by atoms with van der Waals surface area (Å²) in [5.74, 6) is 0. The molecule has 0 atom stereocenters. The molecule has 44 valence electrons. The van der Waals surface area contributed by atoms with Crippen molar-refractivity contribution in [1.29, 1.82) is 0 Å². The molecule has 1 aromatic carbocycles. The zero-order valence-corrected chi connectivity index (χ0v) is 4.74. The predicted octanol–water partition coefficient (Wildman–Crippen LogP) is 1.65. The molecular formula is C7H5NO. The Morgan fingerprint density at radius 1 is 1.22 bits per heavy atom. The Hall–Kier alpha value is -1.40. The fourth-order valence-electron chi connectivity index (χ4n) is 0.555. The largest absolute Gasteiger partial charge is 0.240 e. The van der Waals surface area contributed by atoms with Gasteiger partial charge in [-0.05, 0) is 12.1 Å². The first kappa shape index (κ1) is 5.73. The second kappa shape index (κ2) is 2.80. The lowest BCUT2D eigenvalue weighted by Gasteiger charge is -1.83. The molecule has 0 saturated heterocycles. The van der Waals surface area contributed by atoms with Gasteiger partial charge in [-0.1, -0.05) is 18.2 Å². The SMILES string of the molecule is O=[14C]=Nc1ccccc1. The van der Waals surface area contributed by atoms with Crippen LogP contribution in [0.3, 0.4) is 0 Å². The Labute approximate surface area is 52.9 Å². The molecular weight excluding hydrogens is 116 g/mol. The van der Waals surface area contributed by atoms with E-state index in [-0.39, 0.29) is 0 Å². The second-order valence-corrected chi connectivity index (χ2v) is 1.54. The number of isocyanates is 1. The van der Waals surface area contributed by atoms with E-state index in [9.17, 15) is 4.79 Å². The average molecular weight is 121 g/mol. The van der Waals surface area contributed by atoms with Crippen molar-refractivity contribution in [2.45, 2.75) is 0 Å². The third kappa shape index (κ3) is 1.52. The van der Waals surface area contributed by atoms with Crippen LogP contribution in [-0.2, 0) is 4.79 Å². The van der Waals surface area contributed by atoms with E-state index in [4.69, 9.17) is 0 Å². The van der Waals surface area contributed by atoms with Gasteiger partial charge in [0.1, 0.15) is 0 Å². The molecule has 0 amide bonds. The van der Waals surface area contributed by atoms with Crippen LogP contribution in [0.15, 0.2) is 35.3 Å². The van der Waals surface area contributed by atoms with E-state index in [1.54, 1.807) is 12.1 Å². The molecule has 0 aliphatic rings. The molecule has 0 radical (unpaired) electrons. The lowest BCUT2D eigenvalue weighted by atomic mass is 10.3. The van der Waals surface area contributed by atoms with Gasteiger partial charge in [-0.25, -0.2) is 4.79 Å². The summed E-state index contributed by atoms with van der Waals surface area (Å²) in [6, 6.07) is 8.98. The highest BCUT2D eigenvalue weighted by atomic mass is 16.3. The highest BCUT2D eigenvalue weighted by molar-refractivity contribution is 5.47. The standard InChI is InChI=1S/C7H5NO/c9-6-8-7-4-2-1-3-5-7/h1-5H/i6+2. The molecule has 0 spiro atoms. The maximum Gasteiger partial charge on any atom is 0.240 e. The number of nitrogens with zero attached hydrogens (tertiary/aromatic N) is 1. The van der Waals surface area contributed by atoms with Crippen LogP contribution < -0.4 is 0 Å². The molecule has 0 aliphatic heterocycles. The Morgan fingerprint density at radius 3 is 2.44 bits per heavy atom. The highest BCUT2D eigenvalue weighted by Gasteiger charge is 1.79. The lowest BCUT2D eigenvalue weighted by Crippen LogP contribution is -1.59. The third-order valence-electron chi connectivity index (χ3n) is 0.931. The zero-order chi connectivity index (χ0) is 6.53. The third-order valence-corrected chi connectivity index (χ3v) is 0.931. The van der Waals surface area contributed by atoms with Gasteiger partial charge in [0.25, 0.3) is 0 Å². The van der Waals surface area contributed by atoms with Crippen LogP contribution in [0, 0.1) is 0 Å². The fraction of sp³-hybridized carbons (Fsp3) is 0. The van der Waals surface area contributed by atoms with Crippen LogP contribution in [0.4, 0.5) is 5.69 Å². The highest BCUT2D eigenvalue weighted by Crippen LogP contribution is 2.06. The molecule has 0 unspecified atom stereocenters. The number of para-hydroxylation sites is 1. The minimum Gasteiger partial charge on any atom is -0.211 e. The number of benzene rings is 1. The number of hydrogen-bond acceptors (Lipinski definition) is 2. The van der Waals surface area contributed by atoms with Crippen LogP contribution >= 0.6 is 0 Å². The first-order valence-electron chi connectivity index (χ1n) is 2.56. The molecule has 0 N–H and O–H groups in total. The van der Waals surface area contributed by atoms with Gasteiger partial charge in [0, 0.05) is 0 Å². The minimum absolute atomic E-state index is 0.646. The topological polar surface area (TPSA) is 29.4 Å². The summed E-state index contributed by atoms with van der Waals surface area (Å²) >= 11 is 0. The minimum atomic E-state index is 0.646. The molecule has 2 heteroatoms. The van der Waals surface area contributed by atoms with E-state index < -0.39 is 0 Å². The summed E-state index contributed by atoms with van der Waals surface area (Å²) in [4.78, 5) is 13.1. The van der Waals surface area contributed by atoms with Crippen LogP contribution in [0.2, 0.25) is 0 Å². The number of aliphatic imine (C=N–C) groups is 1. The van der Waals surface area contributed by atoms with E-state index in [0.717, 1.165) is 0 Å². The van der Waals surface area contributed by atoms with Crippen LogP contribution in [0.25, 0.3) is 0 Å². The van der Waals surface area contributed by atoms with Crippen molar-refractivity contribution in [1.82, 2.24) is 0 Å². The molecule has 0 bridgehead atoms. The van der Waals surface area contributed by atoms with Crippen molar-refractivity contribution in [3.63, 3.8) is 0 Å². The molecule has 0 heterocycles. The normalized spacial score (nSPS) is 8.00. The van der Waals surface area contributed by atoms with E-state index >= 15 is 0 Å². The van der Waals surface area contributed by atoms with Crippen molar-refractivity contribution in [2.75, 3.05) is 0 Å². The van der Waals surface area contributed by atoms with Gasteiger partial charge in [-0.15, -0.1) is 0 Å². The van der Waals surface area contributed by atoms with Gasteiger partial charge >= 0.3 is 0 Å². The van der Waals surface area contributed by atoms with Crippen LogP contribution in [0.5, 0.6) is 0 Å². The van der Waals surface area contributed by atoms with Gasteiger partial charge in [-0.3, -0.25) is 0 Å². The van der Waals surface area contributed by atoms with E-state index in [2.05, 4.69) is 4.99 Å². The van der Waals surface area contributed by atoms with Crippen molar-refractivity contribution in [2.24, 2.45) is 4.99 Å². The smallest absolute Gasteiger partial charge is 0.211 e. The Morgan fingerprint density at radius 2 is 1.89 bits per heavy atom. The summed E-state index contributed by atoms with van der Waals surface area (Å²) in [7, 11) is 0. The Kier molecular flexibility index (Phi) is 1.78. The molecule has 9 heavy (non-hydrogen) atoms. The Bertz CT molecular complexity index is 224. The summed E-state index contributed by atoms with van der Waals surface area (Å²) in [6.07, 6.45) is 1.46. The lowest BCUT2D eigenvalue weighted by molar-refractivity contribution is 0.565. The summed E-state index contributed by atoms with van der Waals surface area (Å²) in [5.41, 5.74) is 0.646. The summed E-state index contributed by atoms with van der Waals surface area (Å²) in [5, 5.41) is 0. The monoisotopic (exact) mass is 121 g/mol. The van der Waals surface area contributed by atoms with E-state index in [1.165, 1.54) is 6.08 Å². The Balaban J connectivity index is 2.97. The van der Waals surface area contributed by atoms with E-state index in [0.29, 0.717) is 5.69 Å². The molecule has 0 saturated carbocycles. The average Bonchev–Trinajstić information content (AvgIpc) is 1.91. The van der Waals surface area contributed by atoms with Crippen molar-refractivity contribution < 1.29 is 4.79 Å².